The van der Waals surface area contributed by atoms with Crippen molar-refractivity contribution in [2.75, 3.05) is 4.90 Å². The lowest BCUT2D eigenvalue weighted by molar-refractivity contribution is 0.264. The smallest absolute Gasteiger partial charge is 0.130 e. The van der Waals surface area contributed by atoms with E-state index < -0.39 is 0 Å². The molecule has 0 saturated carbocycles. The van der Waals surface area contributed by atoms with Crippen molar-refractivity contribution < 1.29 is 4.74 Å². The molecule has 0 fully saturated rings. The van der Waals surface area contributed by atoms with Crippen LogP contribution in [0.5, 0.6) is 5.75 Å². The molecule has 4 aliphatic rings. The molecule has 0 radical (unpaired) electrons. The minimum absolute atomic E-state index is 0.0209. The van der Waals surface area contributed by atoms with Gasteiger partial charge in [0.2, 0.25) is 0 Å². The maximum absolute atomic E-state index is 7.07. The minimum atomic E-state index is -0.141. The summed E-state index contributed by atoms with van der Waals surface area (Å²) >= 11 is 0. The summed E-state index contributed by atoms with van der Waals surface area (Å²) in [6, 6.07) is 58.9. The average Bonchev–Trinajstić information content (AvgIpc) is 3.83. The molecule has 12 rings (SSSR count). The fourth-order valence-corrected chi connectivity index (χ4v) is 10.9. The van der Waals surface area contributed by atoms with Gasteiger partial charge in [0.05, 0.1) is 5.92 Å². The van der Waals surface area contributed by atoms with Crippen LogP contribution in [0.1, 0.15) is 61.4 Å². The summed E-state index contributed by atoms with van der Waals surface area (Å²) in [7, 11) is 0. The van der Waals surface area contributed by atoms with Crippen molar-refractivity contribution in [1.29, 1.82) is 0 Å². The Labute approximate surface area is 340 Å². The van der Waals surface area contributed by atoms with Gasteiger partial charge in [-0.05, 0) is 126 Å². The van der Waals surface area contributed by atoms with E-state index >= 15 is 0 Å². The molecule has 8 aromatic rings. The summed E-state index contributed by atoms with van der Waals surface area (Å²) in [4.78, 5) is 2.55. The molecule has 1 aliphatic heterocycles. The van der Waals surface area contributed by atoms with Gasteiger partial charge in [-0.25, -0.2) is 0 Å². The Kier molecular flexibility index (Phi) is 6.90. The fourth-order valence-electron chi connectivity index (χ4n) is 10.9. The van der Waals surface area contributed by atoms with Crippen molar-refractivity contribution in [2.45, 2.75) is 50.5 Å². The average molecular weight is 746 g/mol. The number of rotatable bonds is 4. The zero-order valence-electron chi connectivity index (χ0n) is 33.3. The Morgan fingerprint density at radius 1 is 0.483 bits per heavy atom. The van der Waals surface area contributed by atoms with E-state index in [1.54, 1.807) is 0 Å². The van der Waals surface area contributed by atoms with Crippen LogP contribution in [0.3, 0.4) is 0 Å². The zero-order valence-corrected chi connectivity index (χ0v) is 33.3. The number of nitrogens with zero attached hydrogens (tertiary/aromatic N) is 1. The first-order valence-electron chi connectivity index (χ1n) is 20.7. The van der Waals surface area contributed by atoms with Gasteiger partial charge in [0.25, 0.3) is 0 Å². The van der Waals surface area contributed by atoms with Crippen LogP contribution in [-0.4, -0.2) is 6.10 Å². The van der Waals surface area contributed by atoms with E-state index in [1.807, 2.05) is 0 Å². The van der Waals surface area contributed by atoms with Crippen LogP contribution in [0.15, 0.2) is 182 Å². The summed E-state index contributed by atoms with van der Waals surface area (Å²) in [6.07, 6.45) is 6.66. The molecular weight excluding hydrogens is 703 g/mol. The van der Waals surface area contributed by atoms with Gasteiger partial charge < -0.3 is 9.64 Å². The van der Waals surface area contributed by atoms with E-state index in [4.69, 9.17) is 4.74 Å². The van der Waals surface area contributed by atoms with Gasteiger partial charge in [-0.3, -0.25) is 0 Å². The highest BCUT2D eigenvalue weighted by Crippen LogP contribution is 2.56. The van der Waals surface area contributed by atoms with Gasteiger partial charge in [0.1, 0.15) is 11.9 Å². The molecule has 2 heteroatoms. The van der Waals surface area contributed by atoms with Gasteiger partial charge >= 0.3 is 0 Å². The Bertz CT molecular complexity index is 3020. The highest BCUT2D eigenvalue weighted by atomic mass is 16.5. The van der Waals surface area contributed by atoms with Crippen LogP contribution in [0.2, 0.25) is 0 Å². The van der Waals surface area contributed by atoms with E-state index in [2.05, 4.69) is 209 Å². The van der Waals surface area contributed by atoms with Crippen LogP contribution in [0.4, 0.5) is 11.4 Å². The van der Waals surface area contributed by atoms with Gasteiger partial charge in [-0.2, -0.15) is 0 Å². The highest BCUT2D eigenvalue weighted by molar-refractivity contribution is 6.03. The van der Waals surface area contributed by atoms with Gasteiger partial charge in [0.15, 0.2) is 0 Å². The van der Waals surface area contributed by atoms with Crippen LogP contribution < -0.4 is 9.64 Å². The third-order valence-corrected chi connectivity index (χ3v) is 13.8. The van der Waals surface area contributed by atoms with Crippen molar-refractivity contribution >= 4 is 32.9 Å². The number of anilines is 2. The van der Waals surface area contributed by atoms with E-state index in [9.17, 15) is 0 Å². The van der Waals surface area contributed by atoms with Gasteiger partial charge in [-0.1, -0.05) is 155 Å². The summed E-state index contributed by atoms with van der Waals surface area (Å²) in [5.41, 5.74) is 17.8. The summed E-state index contributed by atoms with van der Waals surface area (Å²) in [5, 5.41) is 4.98. The molecule has 3 aliphatic carbocycles. The molecule has 0 aromatic heterocycles. The SMILES string of the molecule is CC1(C)c2ccccc2-c2ccc(N(C3=CC=CC4Oc5cc(-c6ccc7ccccc7c6)c6ccccc6c5C34)c3ccc4c(c3)C(C)(C)c3ccccc3-4)cc21. The molecule has 278 valence electrons. The topological polar surface area (TPSA) is 12.5 Å². The first-order valence-corrected chi connectivity index (χ1v) is 20.7. The second kappa shape index (κ2) is 11.9. The summed E-state index contributed by atoms with van der Waals surface area (Å²) in [6.45, 7) is 9.50. The van der Waals surface area contributed by atoms with Gasteiger partial charge in [0, 0.05) is 33.5 Å². The van der Waals surface area contributed by atoms with Crippen molar-refractivity contribution in [1.82, 2.24) is 0 Å². The second-order valence-electron chi connectivity index (χ2n) is 17.6. The maximum atomic E-state index is 7.07. The fraction of sp³-hybridized carbons (Fsp3) is 0.143. The van der Waals surface area contributed by atoms with Crippen LogP contribution in [-0.2, 0) is 10.8 Å². The number of ether oxygens (including phenoxy) is 1. The lowest BCUT2D eigenvalue weighted by Gasteiger charge is -2.36. The quantitative estimate of drug-likeness (QED) is 0.178. The summed E-state index contributed by atoms with van der Waals surface area (Å²) in [5.74, 6) is 0.942. The number of benzene rings is 8. The molecule has 0 saturated heterocycles. The Morgan fingerprint density at radius 3 is 1.72 bits per heavy atom. The molecule has 8 aromatic carbocycles. The number of allylic oxidation sites excluding steroid dienone is 2. The Balaban J connectivity index is 1.06. The van der Waals surface area contributed by atoms with E-state index in [1.165, 1.54) is 99.8 Å². The van der Waals surface area contributed by atoms with Crippen LogP contribution in [0, 0.1) is 0 Å². The molecule has 0 spiro atoms. The second-order valence-corrected chi connectivity index (χ2v) is 17.6. The third-order valence-electron chi connectivity index (χ3n) is 13.8. The first kappa shape index (κ1) is 33.5. The number of hydrogen-bond acceptors (Lipinski definition) is 2. The van der Waals surface area contributed by atoms with Crippen LogP contribution in [0.25, 0.3) is 54.9 Å². The molecule has 0 N–H and O–H groups in total. The van der Waals surface area contributed by atoms with Crippen molar-refractivity contribution in [3.63, 3.8) is 0 Å². The number of fused-ring (bicyclic) bond motifs is 12. The van der Waals surface area contributed by atoms with E-state index in [-0.39, 0.29) is 22.9 Å². The predicted molar refractivity (Wildman–Crippen MR) is 241 cm³/mol. The minimum Gasteiger partial charge on any atom is -0.485 e. The predicted octanol–water partition coefficient (Wildman–Crippen LogP) is 14.4. The van der Waals surface area contributed by atoms with Crippen molar-refractivity contribution in [3.8, 4) is 39.1 Å². The van der Waals surface area contributed by atoms with Gasteiger partial charge in [-0.15, -0.1) is 0 Å². The molecule has 2 atom stereocenters. The monoisotopic (exact) mass is 745 g/mol. The highest BCUT2D eigenvalue weighted by Gasteiger charge is 2.43. The molecule has 2 nitrogen and oxygen atoms in total. The maximum Gasteiger partial charge on any atom is 0.130 e. The molecule has 1 heterocycles. The lowest BCUT2D eigenvalue weighted by Crippen LogP contribution is -2.29. The lowest BCUT2D eigenvalue weighted by atomic mass is 9.81. The standard InChI is InChI=1S/C56H43NO/c1-55(2)46-20-11-9-17-40(46)42-28-26-37(31-48(42)55)57(38-27-29-43-41-18-10-12-21-47(41)56(3,4)49(43)32-38)50-22-13-23-51-54(50)53-44-19-8-7-16-39(44)45(33-52(53)58-51)36-25-24-34-14-5-6-15-35(34)30-36/h5-33,51,54H,1-4H3. The summed E-state index contributed by atoms with van der Waals surface area (Å²) < 4.78 is 7.07. The van der Waals surface area contributed by atoms with E-state index in [0.29, 0.717) is 0 Å². The zero-order chi connectivity index (χ0) is 38.9. The largest absolute Gasteiger partial charge is 0.485 e. The Hall–Kier alpha value is -6.64. The Morgan fingerprint density at radius 2 is 1.05 bits per heavy atom. The third kappa shape index (κ3) is 4.60. The molecule has 0 bridgehead atoms. The molecule has 0 amide bonds. The molecule has 2 unspecified atom stereocenters. The first-order chi connectivity index (χ1) is 28.3. The number of hydrogen-bond donors (Lipinski definition) is 0. The van der Waals surface area contributed by atoms with Crippen molar-refractivity contribution in [3.05, 3.63) is 209 Å². The van der Waals surface area contributed by atoms with E-state index in [0.717, 1.165) is 5.75 Å². The van der Waals surface area contributed by atoms with Crippen LogP contribution >= 0.6 is 0 Å². The van der Waals surface area contributed by atoms with Crippen molar-refractivity contribution in [2.24, 2.45) is 0 Å². The molecular formula is C56H43NO. The molecule has 58 heavy (non-hydrogen) atoms. The normalized spacial score (nSPS) is 18.4.